The summed E-state index contributed by atoms with van der Waals surface area (Å²) in [7, 11) is 0. The van der Waals surface area contributed by atoms with Gasteiger partial charge < -0.3 is 14.8 Å². The first-order chi connectivity index (χ1) is 12.6. The monoisotopic (exact) mass is 390 g/mol. The highest BCUT2D eigenvalue weighted by atomic mass is 32.2. The number of anilines is 1. The minimum Gasteiger partial charge on any atom is -0.486 e. The van der Waals surface area contributed by atoms with Gasteiger partial charge in [0.1, 0.15) is 30.8 Å². The van der Waals surface area contributed by atoms with Crippen LogP contribution in [-0.4, -0.2) is 39.9 Å². The van der Waals surface area contributed by atoms with Gasteiger partial charge in [0, 0.05) is 11.8 Å². The second-order valence-corrected chi connectivity index (χ2v) is 7.47. The van der Waals surface area contributed by atoms with Gasteiger partial charge in [0.25, 0.3) is 5.56 Å². The maximum Gasteiger partial charge on any atom is 0.273 e. The van der Waals surface area contributed by atoms with E-state index in [4.69, 9.17) is 9.47 Å². The Balaban J connectivity index is 1.52. The van der Waals surface area contributed by atoms with E-state index in [1.54, 1.807) is 18.2 Å². The van der Waals surface area contributed by atoms with Gasteiger partial charge in [0.15, 0.2) is 21.5 Å². The van der Waals surface area contributed by atoms with Gasteiger partial charge in [-0.1, -0.05) is 11.8 Å². The number of amides is 1. The van der Waals surface area contributed by atoms with Crippen LogP contribution in [0.4, 0.5) is 5.69 Å². The van der Waals surface area contributed by atoms with Crippen LogP contribution >= 0.6 is 23.1 Å². The highest BCUT2D eigenvalue weighted by molar-refractivity contribution is 8.00. The zero-order valence-electron chi connectivity index (χ0n) is 13.7. The molecule has 3 heterocycles. The molecule has 0 saturated carbocycles. The Hall–Kier alpha value is -2.59. The average molecular weight is 390 g/mol. The van der Waals surface area contributed by atoms with Crippen molar-refractivity contribution in [1.82, 2.24) is 14.5 Å². The molecule has 0 bridgehead atoms. The highest BCUT2D eigenvalue weighted by Crippen LogP contribution is 2.32. The van der Waals surface area contributed by atoms with Crippen LogP contribution in [0.15, 0.2) is 33.7 Å². The highest BCUT2D eigenvalue weighted by Gasteiger charge is 2.15. The van der Waals surface area contributed by atoms with Gasteiger partial charge >= 0.3 is 0 Å². The standard InChI is InChI=1S/C16H14N4O4S2/c1-25-16-19-14-13(26-16)15(22)20(8-17-14)7-12(21)18-9-2-3-10-11(6-9)24-5-4-23-10/h2-3,6,8H,4-5,7H2,1H3,(H,18,21). The van der Waals surface area contributed by atoms with Gasteiger partial charge in [0.2, 0.25) is 5.91 Å². The number of hydrogen-bond donors (Lipinski definition) is 1. The molecule has 0 unspecified atom stereocenters. The average Bonchev–Trinajstić information content (AvgIpc) is 3.08. The topological polar surface area (TPSA) is 95.3 Å². The quantitative estimate of drug-likeness (QED) is 0.681. The number of thiazole rings is 1. The predicted octanol–water partition coefficient (Wildman–Crippen LogP) is 1.98. The van der Waals surface area contributed by atoms with Crippen molar-refractivity contribution >= 4 is 45.0 Å². The maximum absolute atomic E-state index is 12.5. The molecule has 134 valence electrons. The van der Waals surface area contributed by atoms with Crippen molar-refractivity contribution in [3.63, 3.8) is 0 Å². The summed E-state index contributed by atoms with van der Waals surface area (Å²) < 4.78 is 13.4. The largest absolute Gasteiger partial charge is 0.486 e. The zero-order chi connectivity index (χ0) is 18.1. The fourth-order valence-corrected chi connectivity index (χ4v) is 3.97. The van der Waals surface area contributed by atoms with Crippen LogP contribution in [0.2, 0.25) is 0 Å². The Morgan fingerprint density at radius 2 is 2.15 bits per heavy atom. The van der Waals surface area contributed by atoms with Crippen LogP contribution in [0.1, 0.15) is 0 Å². The normalized spacial score (nSPS) is 13.0. The number of hydrogen-bond acceptors (Lipinski definition) is 8. The van der Waals surface area contributed by atoms with Crippen molar-refractivity contribution in [1.29, 1.82) is 0 Å². The molecule has 4 rings (SSSR count). The van der Waals surface area contributed by atoms with Crippen molar-refractivity contribution in [3.8, 4) is 11.5 Å². The Kier molecular flexibility index (Phi) is 4.51. The zero-order valence-corrected chi connectivity index (χ0v) is 15.4. The van der Waals surface area contributed by atoms with E-state index < -0.39 is 0 Å². The van der Waals surface area contributed by atoms with E-state index in [0.29, 0.717) is 40.7 Å². The fraction of sp³-hybridized carbons (Fsp3) is 0.250. The summed E-state index contributed by atoms with van der Waals surface area (Å²) in [5.41, 5.74) is 0.710. The van der Waals surface area contributed by atoms with E-state index in [0.717, 1.165) is 4.34 Å². The second-order valence-electron chi connectivity index (χ2n) is 5.42. The van der Waals surface area contributed by atoms with E-state index in [1.807, 2.05) is 6.26 Å². The number of aromatic nitrogens is 3. The van der Waals surface area contributed by atoms with Crippen LogP contribution in [0, 0.1) is 0 Å². The molecular formula is C16H14N4O4S2. The lowest BCUT2D eigenvalue weighted by Gasteiger charge is -2.19. The molecule has 26 heavy (non-hydrogen) atoms. The van der Waals surface area contributed by atoms with Crippen molar-refractivity contribution < 1.29 is 14.3 Å². The summed E-state index contributed by atoms with van der Waals surface area (Å²) in [4.78, 5) is 33.2. The Bertz CT molecular complexity index is 1050. The van der Waals surface area contributed by atoms with Gasteiger partial charge in [-0.3, -0.25) is 14.2 Å². The number of rotatable bonds is 4. The molecule has 0 spiro atoms. The van der Waals surface area contributed by atoms with Gasteiger partial charge in [-0.2, -0.15) is 0 Å². The molecule has 10 heteroatoms. The first-order valence-corrected chi connectivity index (χ1v) is 9.77. The first-order valence-electron chi connectivity index (χ1n) is 7.73. The number of nitrogens with zero attached hydrogens (tertiary/aromatic N) is 3. The molecule has 1 amide bonds. The summed E-state index contributed by atoms with van der Waals surface area (Å²) in [5.74, 6) is 0.901. The van der Waals surface area contributed by atoms with E-state index >= 15 is 0 Å². The molecule has 0 saturated heterocycles. The molecule has 8 nitrogen and oxygen atoms in total. The smallest absolute Gasteiger partial charge is 0.273 e. The number of thioether (sulfide) groups is 1. The minimum atomic E-state index is -0.334. The van der Waals surface area contributed by atoms with Crippen LogP contribution in [0.5, 0.6) is 11.5 Å². The first kappa shape index (κ1) is 16.9. The third-order valence-electron chi connectivity index (χ3n) is 3.68. The van der Waals surface area contributed by atoms with Crippen molar-refractivity contribution in [3.05, 3.63) is 34.9 Å². The van der Waals surface area contributed by atoms with E-state index in [2.05, 4.69) is 15.3 Å². The van der Waals surface area contributed by atoms with Crippen molar-refractivity contribution in [2.75, 3.05) is 24.8 Å². The molecule has 0 radical (unpaired) electrons. The molecule has 3 aromatic rings. The second kappa shape index (κ2) is 6.96. The number of carbonyl (C=O) groups is 1. The number of carbonyl (C=O) groups excluding carboxylic acids is 1. The summed E-state index contributed by atoms with van der Waals surface area (Å²) in [5, 5.41) is 2.75. The van der Waals surface area contributed by atoms with E-state index in [-0.39, 0.29) is 18.0 Å². The number of ether oxygens (including phenoxy) is 2. The Labute approximate surface area is 156 Å². The van der Waals surface area contributed by atoms with E-state index in [1.165, 1.54) is 34.0 Å². The molecule has 0 fully saturated rings. The van der Waals surface area contributed by atoms with Gasteiger partial charge in [-0.05, 0) is 18.4 Å². The Morgan fingerprint density at radius 1 is 1.35 bits per heavy atom. The third kappa shape index (κ3) is 3.25. The van der Waals surface area contributed by atoms with Crippen LogP contribution in [-0.2, 0) is 11.3 Å². The summed E-state index contributed by atoms with van der Waals surface area (Å²) in [6, 6.07) is 5.17. The number of nitrogens with one attached hydrogen (secondary N) is 1. The minimum absolute atomic E-state index is 0.136. The molecule has 1 aliphatic heterocycles. The predicted molar refractivity (Wildman–Crippen MR) is 99.5 cm³/mol. The van der Waals surface area contributed by atoms with E-state index in [9.17, 15) is 9.59 Å². The van der Waals surface area contributed by atoms with Crippen molar-refractivity contribution in [2.24, 2.45) is 0 Å². The lowest BCUT2D eigenvalue weighted by molar-refractivity contribution is -0.116. The molecule has 0 aliphatic carbocycles. The number of fused-ring (bicyclic) bond motifs is 2. The summed E-state index contributed by atoms with van der Waals surface area (Å²) >= 11 is 2.73. The maximum atomic E-state index is 12.5. The molecule has 0 atom stereocenters. The molecular weight excluding hydrogens is 376 g/mol. The Morgan fingerprint density at radius 3 is 2.96 bits per heavy atom. The van der Waals surface area contributed by atoms with Crippen molar-refractivity contribution in [2.45, 2.75) is 10.9 Å². The van der Waals surface area contributed by atoms with Gasteiger partial charge in [-0.15, -0.1) is 11.3 Å². The van der Waals surface area contributed by atoms with Gasteiger partial charge in [-0.25, -0.2) is 9.97 Å². The van der Waals surface area contributed by atoms with Crippen LogP contribution in [0.25, 0.3) is 10.3 Å². The van der Waals surface area contributed by atoms with Crippen LogP contribution < -0.4 is 20.3 Å². The third-order valence-corrected chi connectivity index (χ3v) is 5.70. The number of benzene rings is 1. The van der Waals surface area contributed by atoms with Gasteiger partial charge in [0.05, 0.1) is 0 Å². The molecule has 2 aromatic heterocycles. The molecule has 1 N–H and O–H groups in total. The molecule has 1 aromatic carbocycles. The SMILES string of the molecule is CSc1nc2ncn(CC(=O)Nc3ccc4c(c3)OCCO4)c(=O)c2s1. The molecule has 1 aliphatic rings. The summed E-state index contributed by atoms with van der Waals surface area (Å²) in [6.07, 6.45) is 3.23. The lowest BCUT2D eigenvalue weighted by Crippen LogP contribution is -2.27. The lowest BCUT2D eigenvalue weighted by atomic mass is 10.2. The fourth-order valence-electron chi connectivity index (χ4n) is 2.50. The summed E-state index contributed by atoms with van der Waals surface area (Å²) in [6.45, 7) is 0.841. The van der Waals surface area contributed by atoms with Crippen LogP contribution in [0.3, 0.4) is 0 Å².